The lowest BCUT2D eigenvalue weighted by Crippen LogP contribution is -2.05. The van der Waals surface area contributed by atoms with Gasteiger partial charge in [0.15, 0.2) is 0 Å². The van der Waals surface area contributed by atoms with Gasteiger partial charge in [0.2, 0.25) is 0 Å². The van der Waals surface area contributed by atoms with E-state index in [1.165, 1.54) is 12.1 Å². The molecule has 0 atom stereocenters. The minimum Gasteiger partial charge on any atom is -0.496 e. The van der Waals surface area contributed by atoms with Gasteiger partial charge in [0.1, 0.15) is 22.0 Å². The molecule has 0 saturated carbocycles. The van der Waals surface area contributed by atoms with E-state index in [-0.39, 0.29) is 5.82 Å². The first-order valence-corrected chi connectivity index (χ1v) is 6.57. The highest BCUT2D eigenvalue weighted by molar-refractivity contribution is 9.10. The van der Waals surface area contributed by atoms with Crippen LogP contribution in [0, 0.1) is 5.82 Å². The molecule has 1 N–H and O–H groups in total. The molecule has 102 valence electrons. The molecule has 2 aromatic rings. The number of imidazole rings is 1. The topological polar surface area (TPSA) is 39.1 Å². The molecule has 19 heavy (non-hydrogen) atoms. The zero-order valence-electron chi connectivity index (χ0n) is 11.0. The Morgan fingerprint density at radius 3 is 2.84 bits per heavy atom. The number of benzene rings is 1. The van der Waals surface area contributed by atoms with E-state index in [1.54, 1.807) is 13.2 Å². The molecule has 0 aliphatic heterocycles. The van der Waals surface area contributed by atoms with Crippen molar-refractivity contribution in [3.8, 4) is 17.1 Å². The molecule has 0 unspecified atom stereocenters. The van der Waals surface area contributed by atoms with Gasteiger partial charge >= 0.3 is 0 Å². The predicted octanol–water partition coefficient (Wildman–Crippen LogP) is 2.72. The molecule has 4 nitrogen and oxygen atoms in total. The van der Waals surface area contributed by atoms with Gasteiger partial charge < -0.3 is 14.6 Å². The molecule has 0 saturated heterocycles. The van der Waals surface area contributed by atoms with Gasteiger partial charge in [-0.05, 0) is 41.2 Å². The molecule has 1 aromatic heterocycles. The summed E-state index contributed by atoms with van der Waals surface area (Å²) >= 11 is 3.49. The number of hydrogen-bond acceptors (Lipinski definition) is 3. The molecule has 0 radical (unpaired) electrons. The third-order valence-corrected chi connectivity index (χ3v) is 3.83. The smallest absolute Gasteiger partial charge is 0.144 e. The molecular formula is C13H15BrFN3O. The number of aromatic nitrogens is 2. The van der Waals surface area contributed by atoms with Gasteiger partial charge in [-0.25, -0.2) is 9.37 Å². The highest BCUT2D eigenvalue weighted by Crippen LogP contribution is 2.32. The fraction of sp³-hybridized carbons (Fsp3) is 0.308. The first-order valence-electron chi connectivity index (χ1n) is 5.78. The second kappa shape index (κ2) is 5.71. The number of rotatable bonds is 4. The minimum atomic E-state index is -0.315. The van der Waals surface area contributed by atoms with E-state index >= 15 is 0 Å². The van der Waals surface area contributed by atoms with Crippen LogP contribution in [0.25, 0.3) is 11.4 Å². The molecular weight excluding hydrogens is 313 g/mol. The predicted molar refractivity (Wildman–Crippen MR) is 75.6 cm³/mol. The maximum atomic E-state index is 13.4. The van der Waals surface area contributed by atoms with Crippen molar-refractivity contribution in [2.45, 2.75) is 6.54 Å². The van der Waals surface area contributed by atoms with Gasteiger partial charge in [-0.2, -0.15) is 0 Å². The van der Waals surface area contributed by atoms with Gasteiger partial charge in [-0.15, -0.1) is 0 Å². The lowest BCUT2D eigenvalue weighted by molar-refractivity contribution is 0.415. The first-order chi connectivity index (χ1) is 9.08. The Labute approximate surface area is 119 Å². The van der Waals surface area contributed by atoms with Crippen molar-refractivity contribution >= 4 is 15.9 Å². The number of halogens is 2. The average Bonchev–Trinajstić information content (AvgIpc) is 2.67. The average molecular weight is 328 g/mol. The van der Waals surface area contributed by atoms with Crippen LogP contribution in [0.2, 0.25) is 0 Å². The number of nitrogens with zero attached hydrogens (tertiary/aromatic N) is 2. The highest BCUT2D eigenvalue weighted by atomic mass is 79.9. The maximum absolute atomic E-state index is 13.4. The molecule has 1 heterocycles. The largest absolute Gasteiger partial charge is 0.496 e. The molecule has 0 aliphatic rings. The Balaban J connectivity index is 2.58. The summed E-state index contributed by atoms with van der Waals surface area (Å²) in [6.45, 7) is 0.631. The van der Waals surface area contributed by atoms with Crippen molar-refractivity contribution in [1.82, 2.24) is 14.9 Å². The lowest BCUT2D eigenvalue weighted by Gasteiger charge is -2.08. The summed E-state index contributed by atoms with van der Waals surface area (Å²) in [6, 6.07) is 4.40. The summed E-state index contributed by atoms with van der Waals surface area (Å²) in [5.41, 5.74) is 1.50. The van der Waals surface area contributed by atoms with E-state index in [2.05, 4.69) is 26.2 Å². The Bertz CT molecular complexity index is 598. The Hall–Kier alpha value is -1.40. The summed E-state index contributed by atoms with van der Waals surface area (Å²) < 4.78 is 21.4. The van der Waals surface area contributed by atoms with Crippen molar-refractivity contribution in [3.63, 3.8) is 0 Å². The van der Waals surface area contributed by atoms with Crippen LogP contribution >= 0.6 is 15.9 Å². The molecule has 0 spiro atoms. The van der Waals surface area contributed by atoms with Crippen LogP contribution in [0.1, 0.15) is 5.69 Å². The summed E-state index contributed by atoms with van der Waals surface area (Å²) in [6.07, 6.45) is 0. The van der Waals surface area contributed by atoms with Gasteiger partial charge in [0.25, 0.3) is 0 Å². The third kappa shape index (κ3) is 2.64. The number of nitrogens with one attached hydrogen (secondary N) is 1. The van der Waals surface area contributed by atoms with Gasteiger partial charge in [0, 0.05) is 13.6 Å². The molecule has 1 aromatic carbocycles. The number of ether oxygens (including phenoxy) is 1. The lowest BCUT2D eigenvalue weighted by atomic mass is 10.2. The van der Waals surface area contributed by atoms with Crippen molar-refractivity contribution in [2.75, 3.05) is 14.2 Å². The SMILES string of the molecule is CNCc1nc(-c2cc(F)ccc2OC)n(C)c1Br. The van der Waals surface area contributed by atoms with Crippen molar-refractivity contribution in [1.29, 1.82) is 0 Å². The highest BCUT2D eigenvalue weighted by Gasteiger charge is 2.17. The fourth-order valence-corrected chi connectivity index (χ4v) is 2.31. The normalized spacial score (nSPS) is 10.8. The zero-order valence-corrected chi connectivity index (χ0v) is 12.6. The second-order valence-corrected chi connectivity index (χ2v) is 4.86. The van der Waals surface area contributed by atoms with Gasteiger partial charge in [0.05, 0.1) is 18.4 Å². The summed E-state index contributed by atoms with van der Waals surface area (Å²) in [5, 5.41) is 3.05. The Morgan fingerprint density at radius 2 is 2.21 bits per heavy atom. The van der Waals surface area contributed by atoms with E-state index in [1.807, 2.05) is 18.7 Å². The van der Waals surface area contributed by atoms with Crippen molar-refractivity contribution in [2.24, 2.45) is 7.05 Å². The van der Waals surface area contributed by atoms with Crippen LogP contribution < -0.4 is 10.1 Å². The quantitative estimate of drug-likeness (QED) is 0.938. The molecule has 6 heteroatoms. The maximum Gasteiger partial charge on any atom is 0.144 e. The molecule has 0 fully saturated rings. The number of methoxy groups -OCH3 is 1. The summed E-state index contributed by atoms with van der Waals surface area (Å²) in [5.74, 6) is 0.941. The Morgan fingerprint density at radius 1 is 1.47 bits per heavy atom. The van der Waals surface area contributed by atoms with E-state index in [0.717, 1.165) is 10.3 Å². The van der Waals surface area contributed by atoms with E-state index < -0.39 is 0 Å². The van der Waals surface area contributed by atoms with Crippen LogP contribution in [0.3, 0.4) is 0 Å². The van der Waals surface area contributed by atoms with Crippen LogP contribution in [0.4, 0.5) is 4.39 Å². The molecule has 2 rings (SSSR count). The van der Waals surface area contributed by atoms with Gasteiger partial charge in [-0.1, -0.05) is 0 Å². The fourth-order valence-electron chi connectivity index (χ4n) is 1.91. The minimum absolute atomic E-state index is 0.315. The first kappa shape index (κ1) is 14.0. The second-order valence-electron chi connectivity index (χ2n) is 4.11. The molecule has 0 amide bonds. The molecule has 0 aliphatic carbocycles. The summed E-state index contributed by atoms with van der Waals surface area (Å²) in [4.78, 5) is 4.53. The Kier molecular flexibility index (Phi) is 4.21. The van der Waals surface area contributed by atoms with Gasteiger partial charge in [-0.3, -0.25) is 0 Å². The van der Waals surface area contributed by atoms with E-state index in [4.69, 9.17) is 4.74 Å². The van der Waals surface area contributed by atoms with Crippen molar-refractivity contribution in [3.05, 3.63) is 34.3 Å². The van der Waals surface area contributed by atoms with Crippen LogP contribution in [-0.4, -0.2) is 23.7 Å². The monoisotopic (exact) mass is 327 g/mol. The van der Waals surface area contributed by atoms with Crippen LogP contribution in [0.5, 0.6) is 5.75 Å². The van der Waals surface area contributed by atoms with Crippen LogP contribution in [-0.2, 0) is 13.6 Å². The van der Waals surface area contributed by atoms with Crippen LogP contribution in [0.15, 0.2) is 22.8 Å². The number of hydrogen-bond donors (Lipinski definition) is 1. The standard InChI is InChI=1S/C13H15BrFN3O/c1-16-7-10-12(14)18(2)13(17-10)9-6-8(15)4-5-11(9)19-3/h4-6,16H,7H2,1-3H3. The zero-order chi connectivity index (χ0) is 14.0. The molecule has 0 bridgehead atoms. The van der Waals surface area contributed by atoms with Crippen molar-refractivity contribution < 1.29 is 9.13 Å². The van der Waals surface area contributed by atoms with E-state index in [9.17, 15) is 4.39 Å². The van der Waals surface area contributed by atoms with E-state index in [0.29, 0.717) is 23.7 Å². The third-order valence-electron chi connectivity index (χ3n) is 2.84. The summed E-state index contributed by atoms with van der Waals surface area (Å²) in [7, 11) is 5.28.